The molecule has 7 nitrogen and oxygen atoms in total. The predicted molar refractivity (Wildman–Crippen MR) is 135 cm³/mol. The Labute approximate surface area is 211 Å². The van der Waals surface area contributed by atoms with Crippen molar-refractivity contribution in [2.24, 2.45) is 36.5 Å². The number of amides is 2. The minimum atomic E-state index is -0.835. The number of carbonyl (C=O) groups excluding carboxylic acids is 3. The van der Waals surface area contributed by atoms with Gasteiger partial charge in [0.2, 0.25) is 5.91 Å². The van der Waals surface area contributed by atoms with E-state index in [2.05, 4.69) is 10.6 Å². The van der Waals surface area contributed by atoms with Crippen LogP contribution in [-0.2, 0) is 11.8 Å². The summed E-state index contributed by atoms with van der Waals surface area (Å²) in [6, 6.07) is 4.40. The SMILES string of the molecule is Cc1cc(NC(=O)c2c(C)c(C(=O)CNC3(C(N)=O)C4CC5CC(C4)CC3C5)n(C)c2C)ccc1F. The van der Waals surface area contributed by atoms with Gasteiger partial charge < -0.3 is 15.6 Å². The van der Waals surface area contributed by atoms with Crippen LogP contribution in [0.25, 0.3) is 0 Å². The summed E-state index contributed by atoms with van der Waals surface area (Å²) in [6.45, 7) is 5.18. The summed E-state index contributed by atoms with van der Waals surface area (Å²) in [5.74, 6) is 0.471. The van der Waals surface area contributed by atoms with E-state index in [9.17, 15) is 18.8 Å². The Morgan fingerprint density at radius 2 is 1.67 bits per heavy atom. The van der Waals surface area contributed by atoms with Crippen LogP contribution in [0.4, 0.5) is 10.1 Å². The van der Waals surface area contributed by atoms with Gasteiger partial charge in [0.25, 0.3) is 5.91 Å². The number of aromatic nitrogens is 1. The largest absolute Gasteiger partial charge is 0.368 e. The zero-order chi connectivity index (χ0) is 25.9. The fourth-order valence-corrected chi connectivity index (χ4v) is 7.64. The summed E-state index contributed by atoms with van der Waals surface area (Å²) in [6.07, 6.45) is 5.23. The molecule has 1 aromatic carbocycles. The van der Waals surface area contributed by atoms with E-state index in [-0.39, 0.29) is 41.8 Å². The van der Waals surface area contributed by atoms with E-state index in [4.69, 9.17) is 5.73 Å². The number of nitrogens with zero attached hydrogens (tertiary/aromatic N) is 1. The molecule has 4 aliphatic rings. The average molecular weight is 495 g/mol. The van der Waals surface area contributed by atoms with Crippen LogP contribution in [0.3, 0.4) is 0 Å². The summed E-state index contributed by atoms with van der Waals surface area (Å²) in [4.78, 5) is 39.5. The fourth-order valence-electron chi connectivity index (χ4n) is 7.64. The van der Waals surface area contributed by atoms with Crippen LogP contribution in [0.5, 0.6) is 0 Å². The molecule has 0 atom stereocenters. The third-order valence-corrected chi connectivity index (χ3v) is 9.21. The van der Waals surface area contributed by atoms with Crippen molar-refractivity contribution >= 4 is 23.3 Å². The topological polar surface area (TPSA) is 106 Å². The number of carbonyl (C=O) groups is 3. The minimum absolute atomic E-state index is 0.0123. The van der Waals surface area contributed by atoms with Gasteiger partial charge in [-0.3, -0.25) is 19.7 Å². The van der Waals surface area contributed by atoms with Crippen molar-refractivity contribution in [2.45, 2.75) is 58.4 Å². The van der Waals surface area contributed by atoms with Gasteiger partial charge in [-0.1, -0.05) is 0 Å². The van der Waals surface area contributed by atoms with Crippen molar-refractivity contribution in [2.75, 3.05) is 11.9 Å². The highest BCUT2D eigenvalue weighted by molar-refractivity contribution is 6.09. The van der Waals surface area contributed by atoms with E-state index in [0.717, 1.165) is 25.7 Å². The molecule has 4 aliphatic carbocycles. The first-order valence-electron chi connectivity index (χ1n) is 12.8. The van der Waals surface area contributed by atoms with Gasteiger partial charge in [-0.05, 0) is 106 Å². The summed E-state index contributed by atoms with van der Waals surface area (Å²) in [7, 11) is 1.76. The lowest BCUT2D eigenvalue weighted by Crippen LogP contribution is -2.71. The molecule has 2 aromatic rings. The lowest BCUT2D eigenvalue weighted by atomic mass is 9.48. The average Bonchev–Trinajstić information content (AvgIpc) is 3.03. The van der Waals surface area contributed by atoms with E-state index in [1.807, 2.05) is 0 Å². The summed E-state index contributed by atoms with van der Waals surface area (Å²) in [5, 5.41) is 6.19. The maximum Gasteiger partial charge on any atom is 0.257 e. The van der Waals surface area contributed by atoms with Gasteiger partial charge in [0, 0.05) is 18.4 Å². The second-order valence-corrected chi connectivity index (χ2v) is 11.2. The van der Waals surface area contributed by atoms with Crippen LogP contribution < -0.4 is 16.4 Å². The maximum absolute atomic E-state index is 13.6. The number of Topliss-reactive ketones (excluding diaryl/α,β-unsaturated/α-hetero) is 1. The molecule has 36 heavy (non-hydrogen) atoms. The molecule has 4 N–H and O–H groups in total. The zero-order valence-corrected chi connectivity index (χ0v) is 21.4. The summed E-state index contributed by atoms with van der Waals surface area (Å²) >= 11 is 0. The monoisotopic (exact) mass is 494 g/mol. The Bertz CT molecular complexity index is 1240. The number of ketones is 1. The van der Waals surface area contributed by atoms with Gasteiger partial charge in [-0.15, -0.1) is 0 Å². The van der Waals surface area contributed by atoms with Crippen molar-refractivity contribution in [3.8, 4) is 0 Å². The van der Waals surface area contributed by atoms with Gasteiger partial charge in [0.15, 0.2) is 5.78 Å². The Balaban J connectivity index is 1.37. The molecule has 6 rings (SSSR count). The van der Waals surface area contributed by atoms with Crippen LogP contribution in [-0.4, -0.2) is 34.2 Å². The third-order valence-electron chi connectivity index (χ3n) is 9.21. The van der Waals surface area contributed by atoms with Crippen LogP contribution in [0.2, 0.25) is 0 Å². The number of nitrogens with one attached hydrogen (secondary N) is 2. The molecule has 0 radical (unpaired) electrons. The number of anilines is 1. The second-order valence-electron chi connectivity index (χ2n) is 11.2. The van der Waals surface area contributed by atoms with E-state index >= 15 is 0 Å². The summed E-state index contributed by atoms with van der Waals surface area (Å²) in [5.41, 5.74) is 8.18. The lowest BCUT2D eigenvalue weighted by molar-refractivity contribution is -0.143. The molecule has 0 spiro atoms. The molecule has 2 amide bonds. The molecule has 0 saturated heterocycles. The zero-order valence-electron chi connectivity index (χ0n) is 21.4. The molecule has 4 saturated carbocycles. The van der Waals surface area contributed by atoms with Gasteiger partial charge in [0.1, 0.15) is 11.4 Å². The standard InChI is InChI=1S/C28H35FN4O3/c1-14-7-21(5-6-22(14)29)32-26(35)24-15(2)25(33(4)16(24)3)23(34)13-31-28(27(30)36)19-9-17-8-18(11-19)12-20(28)10-17/h5-7,17-20,31H,8-13H2,1-4H3,(H2,30,36)(H,32,35). The number of hydrogen-bond acceptors (Lipinski definition) is 4. The normalized spacial score (nSPS) is 28.4. The summed E-state index contributed by atoms with van der Waals surface area (Å²) < 4.78 is 15.4. The molecule has 1 heterocycles. The van der Waals surface area contributed by atoms with Crippen LogP contribution in [0.15, 0.2) is 18.2 Å². The van der Waals surface area contributed by atoms with Crippen LogP contribution in [0, 0.1) is 50.3 Å². The number of hydrogen-bond donors (Lipinski definition) is 3. The molecule has 0 aliphatic heterocycles. The quantitative estimate of drug-likeness (QED) is 0.509. The number of halogens is 1. The van der Waals surface area contributed by atoms with Gasteiger partial charge in [0.05, 0.1) is 17.8 Å². The van der Waals surface area contributed by atoms with Gasteiger partial charge in [-0.25, -0.2) is 4.39 Å². The molecule has 4 bridgehead atoms. The first-order valence-corrected chi connectivity index (χ1v) is 12.8. The van der Waals surface area contributed by atoms with E-state index < -0.39 is 5.54 Å². The molecule has 1 aromatic heterocycles. The minimum Gasteiger partial charge on any atom is -0.368 e. The molecule has 192 valence electrons. The Morgan fingerprint density at radius 3 is 2.22 bits per heavy atom. The molecular weight excluding hydrogens is 459 g/mol. The molecule has 8 heteroatoms. The van der Waals surface area contributed by atoms with Crippen LogP contribution in [0.1, 0.15) is 69.8 Å². The highest BCUT2D eigenvalue weighted by atomic mass is 19.1. The Hall–Kier alpha value is -3.00. The van der Waals surface area contributed by atoms with E-state index in [1.54, 1.807) is 38.5 Å². The predicted octanol–water partition coefficient (Wildman–Crippen LogP) is 3.79. The number of rotatable bonds is 7. The van der Waals surface area contributed by atoms with Crippen molar-refractivity contribution in [1.29, 1.82) is 0 Å². The highest BCUT2D eigenvalue weighted by Crippen LogP contribution is 2.58. The smallest absolute Gasteiger partial charge is 0.257 e. The molecule has 4 fully saturated rings. The van der Waals surface area contributed by atoms with Gasteiger partial charge >= 0.3 is 0 Å². The van der Waals surface area contributed by atoms with Crippen molar-refractivity contribution < 1.29 is 18.8 Å². The van der Waals surface area contributed by atoms with Crippen molar-refractivity contribution in [3.63, 3.8) is 0 Å². The van der Waals surface area contributed by atoms with Crippen molar-refractivity contribution in [1.82, 2.24) is 9.88 Å². The van der Waals surface area contributed by atoms with Crippen molar-refractivity contribution in [3.05, 3.63) is 52.1 Å². The van der Waals surface area contributed by atoms with E-state index in [1.165, 1.54) is 18.6 Å². The number of primary amides is 1. The highest BCUT2D eigenvalue weighted by Gasteiger charge is 2.60. The maximum atomic E-state index is 13.6. The molecular formula is C28H35FN4O3. The Morgan fingerprint density at radius 1 is 1.06 bits per heavy atom. The molecule has 0 unspecified atom stereocenters. The first kappa shape index (κ1) is 24.7. The lowest BCUT2D eigenvalue weighted by Gasteiger charge is -2.60. The number of aryl methyl sites for hydroxylation is 1. The second kappa shape index (κ2) is 8.83. The fraction of sp³-hybridized carbons (Fsp3) is 0.536. The van der Waals surface area contributed by atoms with E-state index in [0.29, 0.717) is 45.6 Å². The van der Waals surface area contributed by atoms with Gasteiger partial charge in [-0.2, -0.15) is 0 Å². The number of benzene rings is 1. The Kier molecular flexibility index (Phi) is 6.06. The number of nitrogens with two attached hydrogens (primary N) is 1. The third kappa shape index (κ3) is 3.77. The van der Waals surface area contributed by atoms with Crippen LogP contribution >= 0.6 is 0 Å². The first-order chi connectivity index (χ1) is 17.0.